The molecule has 66 valence electrons. The summed E-state index contributed by atoms with van der Waals surface area (Å²) in [7, 11) is 0. The Morgan fingerprint density at radius 1 is 1.46 bits per heavy atom. The number of nitrogens with two attached hydrogens (primary N) is 1. The molecule has 0 aromatic heterocycles. The molecule has 0 aromatic carbocycles. The zero-order valence-electron chi connectivity index (χ0n) is 6.97. The van der Waals surface area contributed by atoms with Crippen molar-refractivity contribution in [1.82, 2.24) is 4.90 Å². The Labute approximate surface area is 75.7 Å². The van der Waals surface area contributed by atoms with Crippen molar-refractivity contribution < 1.29 is 4.79 Å². The Hall–Kier alpha value is -1.84. The van der Waals surface area contributed by atoms with E-state index in [1.54, 1.807) is 0 Å². The predicted molar refractivity (Wildman–Crippen MR) is 49.7 cm³/mol. The Morgan fingerprint density at radius 2 is 2.31 bits per heavy atom. The number of aliphatic imine (C=N–C) groups is 1. The van der Waals surface area contributed by atoms with Crippen LogP contribution in [0.4, 0.5) is 0 Å². The molecule has 2 aliphatic heterocycles. The molecule has 2 heterocycles. The third kappa shape index (κ3) is 1.38. The van der Waals surface area contributed by atoms with Gasteiger partial charge in [-0.05, 0) is 12.2 Å². The predicted octanol–water partition coefficient (Wildman–Crippen LogP) is 0.153. The fourth-order valence-electron chi connectivity index (χ4n) is 1.23. The Bertz CT molecular complexity index is 363. The number of hydrogen-bond donors (Lipinski definition) is 1. The van der Waals surface area contributed by atoms with Gasteiger partial charge in [-0.2, -0.15) is 0 Å². The molecule has 13 heavy (non-hydrogen) atoms. The number of carbonyl (C=O) groups excluding carboxylic acids is 1. The maximum atomic E-state index is 10.8. The maximum Gasteiger partial charge on any atom is 0.265 e. The molecule has 0 radical (unpaired) electrons. The van der Waals surface area contributed by atoms with Crippen molar-refractivity contribution >= 4 is 11.6 Å². The van der Waals surface area contributed by atoms with Crippen LogP contribution in [0.2, 0.25) is 0 Å². The Morgan fingerprint density at radius 3 is 3.08 bits per heavy atom. The molecule has 4 heteroatoms. The molecule has 4 nitrogen and oxygen atoms in total. The second kappa shape index (κ2) is 2.90. The summed E-state index contributed by atoms with van der Waals surface area (Å²) >= 11 is 0. The minimum atomic E-state index is -0.452. The maximum absolute atomic E-state index is 10.8. The topological polar surface area (TPSA) is 58.7 Å². The van der Waals surface area contributed by atoms with E-state index < -0.39 is 5.91 Å². The van der Waals surface area contributed by atoms with Gasteiger partial charge in [0.25, 0.3) is 5.91 Å². The monoisotopic (exact) mass is 175 g/mol. The van der Waals surface area contributed by atoms with Crippen LogP contribution in [0.3, 0.4) is 0 Å². The molecule has 0 aliphatic carbocycles. The fraction of sp³-hybridized carbons (Fsp3) is 0.111. The standard InChI is InChI=1S/C9H9N3O/c10-9(13)7-6-12-5-3-1-2-4-8(12)11-7/h1-5H,6H2,(H2,10,13). The van der Waals surface area contributed by atoms with Gasteiger partial charge in [0.1, 0.15) is 11.5 Å². The highest BCUT2D eigenvalue weighted by atomic mass is 16.1. The summed E-state index contributed by atoms with van der Waals surface area (Å²) in [5, 5.41) is 0. The molecule has 0 spiro atoms. The first-order valence-corrected chi connectivity index (χ1v) is 3.96. The highest BCUT2D eigenvalue weighted by Gasteiger charge is 2.21. The van der Waals surface area contributed by atoms with Crippen molar-refractivity contribution in [1.29, 1.82) is 0 Å². The van der Waals surface area contributed by atoms with Crippen LogP contribution >= 0.6 is 0 Å². The van der Waals surface area contributed by atoms with Crippen LogP contribution < -0.4 is 5.73 Å². The first kappa shape index (κ1) is 7.79. The second-order valence-electron chi connectivity index (χ2n) is 2.80. The molecule has 2 rings (SSSR count). The summed E-state index contributed by atoms with van der Waals surface area (Å²) in [4.78, 5) is 16.8. The van der Waals surface area contributed by atoms with Crippen LogP contribution in [0.5, 0.6) is 0 Å². The summed E-state index contributed by atoms with van der Waals surface area (Å²) in [5.74, 6) is 0.310. The molecule has 0 saturated heterocycles. The van der Waals surface area contributed by atoms with E-state index in [9.17, 15) is 4.79 Å². The molecular weight excluding hydrogens is 166 g/mol. The lowest BCUT2D eigenvalue weighted by molar-refractivity contribution is -0.112. The van der Waals surface area contributed by atoms with Gasteiger partial charge in [-0.15, -0.1) is 0 Å². The molecule has 2 N–H and O–H groups in total. The van der Waals surface area contributed by atoms with Gasteiger partial charge in [-0.25, -0.2) is 4.99 Å². The smallest absolute Gasteiger partial charge is 0.265 e. The summed E-state index contributed by atoms with van der Waals surface area (Å²) < 4.78 is 0. The molecule has 2 aliphatic rings. The minimum absolute atomic E-state index is 0.409. The number of allylic oxidation sites excluding steroid dienone is 4. The third-order valence-electron chi connectivity index (χ3n) is 1.88. The average molecular weight is 175 g/mol. The fourth-order valence-corrected chi connectivity index (χ4v) is 1.23. The lowest BCUT2D eigenvalue weighted by Gasteiger charge is -2.10. The molecule has 0 fully saturated rings. The van der Waals surface area contributed by atoms with Gasteiger partial charge in [-0.1, -0.05) is 12.2 Å². The first-order valence-electron chi connectivity index (χ1n) is 3.96. The SMILES string of the molecule is NC(=O)C1=NC2=CC=CC=CN2C1. The number of nitrogens with zero attached hydrogens (tertiary/aromatic N) is 2. The molecule has 1 amide bonds. The van der Waals surface area contributed by atoms with Crippen molar-refractivity contribution in [2.24, 2.45) is 10.7 Å². The van der Waals surface area contributed by atoms with Crippen LogP contribution in [-0.4, -0.2) is 23.1 Å². The summed E-state index contributed by atoms with van der Waals surface area (Å²) in [6, 6.07) is 0. The Kier molecular flexibility index (Phi) is 1.73. The highest BCUT2D eigenvalue weighted by molar-refractivity contribution is 6.40. The lowest BCUT2D eigenvalue weighted by atomic mass is 10.3. The number of fused-ring (bicyclic) bond motifs is 1. The van der Waals surface area contributed by atoms with E-state index >= 15 is 0 Å². The zero-order chi connectivity index (χ0) is 9.26. The second-order valence-corrected chi connectivity index (χ2v) is 2.80. The van der Waals surface area contributed by atoms with E-state index in [0.29, 0.717) is 12.3 Å². The molecule has 0 aromatic rings. The van der Waals surface area contributed by atoms with E-state index in [0.717, 1.165) is 5.82 Å². The number of hydrogen-bond acceptors (Lipinski definition) is 3. The summed E-state index contributed by atoms with van der Waals surface area (Å²) in [5.41, 5.74) is 5.53. The van der Waals surface area contributed by atoms with Crippen molar-refractivity contribution in [3.05, 3.63) is 36.3 Å². The molecule has 0 saturated carbocycles. The largest absolute Gasteiger partial charge is 0.364 e. The van der Waals surface area contributed by atoms with Gasteiger partial charge in [-0.3, -0.25) is 4.79 Å². The van der Waals surface area contributed by atoms with Crippen molar-refractivity contribution in [3.63, 3.8) is 0 Å². The van der Waals surface area contributed by atoms with E-state index in [1.807, 2.05) is 35.4 Å². The van der Waals surface area contributed by atoms with E-state index in [1.165, 1.54) is 0 Å². The number of amides is 1. The third-order valence-corrected chi connectivity index (χ3v) is 1.88. The van der Waals surface area contributed by atoms with Crippen LogP contribution in [0, 0.1) is 0 Å². The summed E-state index contributed by atoms with van der Waals surface area (Å²) in [6.45, 7) is 0.472. The molecular formula is C9H9N3O. The first-order chi connectivity index (χ1) is 6.27. The van der Waals surface area contributed by atoms with Crippen LogP contribution in [0.25, 0.3) is 0 Å². The quantitative estimate of drug-likeness (QED) is 0.616. The van der Waals surface area contributed by atoms with E-state index in [4.69, 9.17) is 5.73 Å². The number of primary amides is 1. The average Bonchev–Trinajstić information content (AvgIpc) is 2.38. The summed E-state index contributed by atoms with van der Waals surface area (Å²) in [6.07, 6.45) is 9.39. The molecule has 0 unspecified atom stereocenters. The van der Waals surface area contributed by atoms with Gasteiger partial charge in [0.05, 0.1) is 6.54 Å². The van der Waals surface area contributed by atoms with E-state index in [2.05, 4.69) is 4.99 Å². The lowest BCUT2D eigenvalue weighted by Crippen LogP contribution is -2.27. The molecule has 0 bridgehead atoms. The molecule has 0 atom stereocenters. The van der Waals surface area contributed by atoms with Crippen molar-refractivity contribution in [2.45, 2.75) is 0 Å². The van der Waals surface area contributed by atoms with Gasteiger partial charge < -0.3 is 10.6 Å². The van der Waals surface area contributed by atoms with Crippen molar-refractivity contribution in [3.8, 4) is 0 Å². The number of rotatable bonds is 1. The van der Waals surface area contributed by atoms with E-state index in [-0.39, 0.29) is 0 Å². The zero-order valence-corrected chi connectivity index (χ0v) is 6.97. The highest BCUT2D eigenvalue weighted by Crippen LogP contribution is 2.16. The van der Waals surface area contributed by atoms with Gasteiger partial charge >= 0.3 is 0 Å². The van der Waals surface area contributed by atoms with Gasteiger partial charge in [0, 0.05) is 6.20 Å². The van der Waals surface area contributed by atoms with Crippen LogP contribution in [-0.2, 0) is 4.79 Å². The van der Waals surface area contributed by atoms with Crippen LogP contribution in [0.15, 0.2) is 41.3 Å². The van der Waals surface area contributed by atoms with Crippen molar-refractivity contribution in [2.75, 3.05) is 6.54 Å². The number of carbonyl (C=O) groups is 1. The van der Waals surface area contributed by atoms with Gasteiger partial charge in [0.15, 0.2) is 0 Å². The van der Waals surface area contributed by atoms with Crippen LogP contribution in [0.1, 0.15) is 0 Å². The minimum Gasteiger partial charge on any atom is -0.364 e. The van der Waals surface area contributed by atoms with Gasteiger partial charge in [0.2, 0.25) is 0 Å². The Balaban J connectivity index is 2.31. The normalized spacial score (nSPS) is 19.2.